The van der Waals surface area contributed by atoms with Gasteiger partial charge in [0.2, 0.25) is 5.88 Å². The van der Waals surface area contributed by atoms with Gasteiger partial charge in [0.15, 0.2) is 5.96 Å². The summed E-state index contributed by atoms with van der Waals surface area (Å²) in [6.07, 6.45) is 12.2. The van der Waals surface area contributed by atoms with E-state index in [9.17, 15) is 0 Å². The molecule has 0 aliphatic heterocycles. The maximum absolute atomic E-state index is 5.97. The first-order chi connectivity index (χ1) is 11.3. The number of hydrogen-bond donors (Lipinski definition) is 2. The van der Waals surface area contributed by atoms with Crippen LogP contribution in [0, 0.1) is 0 Å². The van der Waals surface area contributed by atoms with E-state index < -0.39 is 0 Å². The summed E-state index contributed by atoms with van der Waals surface area (Å²) in [5.74, 6) is 1.63. The van der Waals surface area contributed by atoms with Crippen molar-refractivity contribution in [2.45, 2.75) is 70.1 Å². The van der Waals surface area contributed by atoms with Gasteiger partial charge in [0.05, 0.1) is 0 Å². The summed E-state index contributed by atoms with van der Waals surface area (Å²) in [6, 6.07) is 4.63. The summed E-state index contributed by atoms with van der Waals surface area (Å²) >= 11 is 0. The van der Waals surface area contributed by atoms with E-state index in [0.29, 0.717) is 12.1 Å². The van der Waals surface area contributed by atoms with Crippen LogP contribution in [0.2, 0.25) is 0 Å². The topological polar surface area (TPSA) is 58.5 Å². The second kappa shape index (κ2) is 10.1. The van der Waals surface area contributed by atoms with Crippen LogP contribution in [0.5, 0.6) is 5.88 Å². The number of aliphatic imine (C=N–C) groups is 1. The highest BCUT2D eigenvalue weighted by Crippen LogP contribution is 2.23. The highest BCUT2D eigenvalue weighted by Gasteiger charge is 2.17. The Kier molecular flexibility index (Phi) is 8.08. The van der Waals surface area contributed by atoms with Crippen LogP contribution < -0.4 is 15.4 Å². The van der Waals surface area contributed by atoms with Gasteiger partial charge in [-0.05, 0) is 50.2 Å². The number of rotatable bonds is 5. The van der Waals surface area contributed by atoms with Crippen molar-refractivity contribution >= 4 is 29.9 Å². The third-order valence-corrected chi connectivity index (χ3v) is 4.77. The highest BCUT2D eigenvalue weighted by atomic mass is 127. The third kappa shape index (κ3) is 5.79. The first kappa shape index (κ1) is 19.3. The van der Waals surface area contributed by atoms with Crippen molar-refractivity contribution in [1.29, 1.82) is 0 Å². The number of hydrogen-bond acceptors (Lipinski definition) is 3. The van der Waals surface area contributed by atoms with Crippen molar-refractivity contribution < 1.29 is 4.74 Å². The minimum Gasteiger partial charge on any atom is -0.474 e. The fourth-order valence-electron chi connectivity index (χ4n) is 3.45. The highest BCUT2D eigenvalue weighted by molar-refractivity contribution is 14.0. The molecule has 2 fully saturated rings. The number of halogens is 1. The predicted molar refractivity (Wildman–Crippen MR) is 108 cm³/mol. The van der Waals surface area contributed by atoms with Gasteiger partial charge in [-0.2, -0.15) is 0 Å². The average Bonchev–Trinajstić information content (AvgIpc) is 3.25. The fourth-order valence-corrected chi connectivity index (χ4v) is 3.45. The first-order valence-electron chi connectivity index (χ1n) is 8.92. The van der Waals surface area contributed by atoms with E-state index in [2.05, 4.69) is 20.6 Å². The Morgan fingerprint density at radius 3 is 2.62 bits per heavy atom. The lowest BCUT2D eigenvalue weighted by molar-refractivity contribution is 0.201. The monoisotopic (exact) mass is 444 g/mol. The molecule has 0 bridgehead atoms. The maximum Gasteiger partial charge on any atom is 0.213 e. The van der Waals surface area contributed by atoms with Crippen molar-refractivity contribution in [2.24, 2.45) is 4.99 Å². The second-order valence-electron chi connectivity index (χ2n) is 6.58. The molecule has 5 nitrogen and oxygen atoms in total. The zero-order valence-corrected chi connectivity index (χ0v) is 16.8. The van der Waals surface area contributed by atoms with Gasteiger partial charge in [0.1, 0.15) is 6.10 Å². The number of pyridine rings is 1. The van der Waals surface area contributed by atoms with E-state index in [1.54, 1.807) is 0 Å². The Hall–Kier alpha value is -1.05. The summed E-state index contributed by atoms with van der Waals surface area (Å²) in [5.41, 5.74) is 1.17. The molecule has 2 saturated carbocycles. The SMILES string of the molecule is CN=C(NCc1ccnc(OC2CCCC2)c1)NC1CCCC1.I. The molecule has 2 aliphatic carbocycles. The van der Waals surface area contributed by atoms with Gasteiger partial charge in [-0.1, -0.05) is 12.8 Å². The van der Waals surface area contributed by atoms with Crippen molar-refractivity contribution in [3.8, 4) is 5.88 Å². The summed E-state index contributed by atoms with van der Waals surface area (Å²) < 4.78 is 5.97. The predicted octanol–water partition coefficient (Wildman–Crippen LogP) is 3.63. The zero-order valence-electron chi connectivity index (χ0n) is 14.5. The minimum atomic E-state index is 0. The van der Waals surface area contributed by atoms with E-state index in [0.717, 1.165) is 31.2 Å². The maximum atomic E-state index is 5.97. The van der Waals surface area contributed by atoms with Crippen LogP contribution in [0.1, 0.15) is 56.9 Å². The van der Waals surface area contributed by atoms with Crippen molar-refractivity contribution in [2.75, 3.05) is 7.05 Å². The average molecular weight is 444 g/mol. The Balaban J connectivity index is 0.00000208. The molecule has 6 heteroatoms. The van der Waals surface area contributed by atoms with Crippen LogP contribution in [0.3, 0.4) is 0 Å². The molecule has 2 aliphatic rings. The van der Waals surface area contributed by atoms with Crippen LogP contribution in [0.15, 0.2) is 23.3 Å². The summed E-state index contributed by atoms with van der Waals surface area (Å²) in [6.45, 7) is 0.732. The summed E-state index contributed by atoms with van der Waals surface area (Å²) in [7, 11) is 1.82. The Labute approximate surface area is 162 Å². The normalized spacial score (nSPS) is 19.1. The molecular weight excluding hydrogens is 415 g/mol. The zero-order chi connectivity index (χ0) is 15.9. The molecule has 3 rings (SSSR count). The third-order valence-electron chi connectivity index (χ3n) is 4.77. The van der Waals surface area contributed by atoms with Gasteiger partial charge < -0.3 is 15.4 Å². The Bertz CT molecular complexity index is 526. The van der Waals surface area contributed by atoms with Gasteiger partial charge in [-0.3, -0.25) is 4.99 Å². The molecule has 0 spiro atoms. The van der Waals surface area contributed by atoms with Gasteiger partial charge in [-0.15, -0.1) is 24.0 Å². The smallest absolute Gasteiger partial charge is 0.213 e. The van der Waals surface area contributed by atoms with Crippen molar-refractivity contribution in [1.82, 2.24) is 15.6 Å². The molecule has 24 heavy (non-hydrogen) atoms. The lowest BCUT2D eigenvalue weighted by atomic mass is 10.2. The molecular formula is C18H29IN4O. The van der Waals surface area contributed by atoms with Gasteiger partial charge in [0, 0.05) is 31.9 Å². The summed E-state index contributed by atoms with van der Waals surface area (Å²) in [5, 5.41) is 6.89. The van der Waals surface area contributed by atoms with E-state index in [-0.39, 0.29) is 24.0 Å². The van der Waals surface area contributed by atoms with Gasteiger partial charge in [-0.25, -0.2) is 4.98 Å². The lowest BCUT2D eigenvalue weighted by Gasteiger charge is -2.17. The molecule has 1 heterocycles. The van der Waals surface area contributed by atoms with Crippen LogP contribution in [-0.4, -0.2) is 30.1 Å². The molecule has 0 radical (unpaired) electrons. The van der Waals surface area contributed by atoms with E-state index in [1.807, 2.05) is 25.4 Å². The molecule has 0 amide bonds. The fraction of sp³-hybridized carbons (Fsp3) is 0.667. The number of aromatic nitrogens is 1. The number of ether oxygens (including phenoxy) is 1. The molecule has 2 N–H and O–H groups in total. The Morgan fingerprint density at radius 2 is 1.92 bits per heavy atom. The van der Waals surface area contributed by atoms with Gasteiger partial charge >= 0.3 is 0 Å². The largest absolute Gasteiger partial charge is 0.474 e. The van der Waals surface area contributed by atoms with Crippen LogP contribution >= 0.6 is 24.0 Å². The number of nitrogens with one attached hydrogen (secondary N) is 2. The van der Waals surface area contributed by atoms with E-state index in [1.165, 1.54) is 44.1 Å². The van der Waals surface area contributed by atoms with Crippen molar-refractivity contribution in [3.63, 3.8) is 0 Å². The van der Waals surface area contributed by atoms with Crippen LogP contribution in [0.25, 0.3) is 0 Å². The molecule has 0 unspecified atom stereocenters. The Morgan fingerprint density at radius 1 is 1.21 bits per heavy atom. The van der Waals surface area contributed by atoms with Crippen molar-refractivity contribution in [3.05, 3.63) is 23.9 Å². The molecule has 0 atom stereocenters. The van der Waals surface area contributed by atoms with Gasteiger partial charge in [0.25, 0.3) is 0 Å². The number of nitrogens with zero attached hydrogens (tertiary/aromatic N) is 2. The quantitative estimate of drug-likeness (QED) is 0.414. The second-order valence-corrected chi connectivity index (χ2v) is 6.58. The molecule has 1 aromatic heterocycles. The lowest BCUT2D eigenvalue weighted by Crippen LogP contribution is -2.41. The number of guanidine groups is 1. The van der Waals surface area contributed by atoms with E-state index >= 15 is 0 Å². The standard InChI is InChI=1S/C18H28N4O.HI/c1-19-18(22-15-6-2-3-7-15)21-13-14-10-11-20-17(12-14)23-16-8-4-5-9-16;/h10-12,15-16H,2-9,13H2,1H3,(H2,19,21,22);1H. The van der Waals surface area contributed by atoms with Crippen LogP contribution in [0.4, 0.5) is 0 Å². The molecule has 0 aromatic carbocycles. The summed E-state index contributed by atoms with van der Waals surface area (Å²) in [4.78, 5) is 8.66. The van der Waals surface area contributed by atoms with E-state index in [4.69, 9.17) is 4.74 Å². The minimum absolute atomic E-state index is 0. The molecule has 0 saturated heterocycles. The van der Waals surface area contributed by atoms with Crippen LogP contribution in [-0.2, 0) is 6.54 Å². The first-order valence-corrected chi connectivity index (χ1v) is 8.92. The molecule has 134 valence electrons. The molecule has 1 aromatic rings.